The lowest BCUT2D eigenvalue weighted by Gasteiger charge is -2.38. The largest absolute Gasteiger partial charge is 0.295 e. The highest BCUT2D eigenvalue weighted by Crippen LogP contribution is 2.29. The number of hydrogen-bond donors (Lipinski definition) is 0. The standard InChI is InChI=1S/C16H21F2N3/c1-2-15(12-19)21-10-8-20(9-11-21)13-16(17,18)14-6-4-3-5-7-14/h3-7,15H,2,8-11,13H2,1H3. The van der Waals surface area contributed by atoms with Gasteiger partial charge in [-0.15, -0.1) is 0 Å². The normalized spacial score (nSPS) is 19.1. The second kappa shape index (κ2) is 6.97. The van der Waals surface area contributed by atoms with E-state index >= 15 is 0 Å². The Labute approximate surface area is 124 Å². The second-order valence-electron chi connectivity index (χ2n) is 5.44. The highest BCUT2D eigenvalue weighted by Gasteiger charge is 2.35. The number of hydrogen-bond acceptors (Lipinski definition) is 3. The van der Waals surface area contributed by atoms with E-state index in [0.717, 1.165) is 6.42 Å². The molecule has 0 saturated carbocycles. The van der Waals surface area contributed by atoms with Gasteiger partial charge in [-0.3, -0.25) is 9.80 Å². The summed E-state index contributed by atoms with van der Waals surface area (Å²) in [7, 11) is 0. The van der Waals surface area contributed by atoms with Gasteiger partial charge in [-0.2, -0.15) is 14.0 Å². The van der Waals surface area contributed by atoms with Gasteiger partial charge in [-0.25, -0.2) is 0 Å². The molecule has 1 unspecified atom stereocenters. The molecule has 2 rings (SSSR count). The minimum atomic E-state index is -2.83. The Morgan fingerprint density at radius 3 is 2.33 bits per heavy atom. The maximum atomic E-state index is 14.2. The highest BCUT2D eigenvalue weighted by molar-refractivity contribution is 5.20. The summed E-state index contributed by atoms with van der Waals surface area (Å²) < 4.78 is 28.4. The van der Waals surface area contributed by atoms with Gasteiger partial charge in [0.2, 0.25) is 0 Å². The molecular formula is C16H21F2N3. The fourth-order valence-corrected chi connectivity index (χ4v) is 2.72. The van der Waals surface area contributed by atoms with Crippen molar-refractivity contribution >= 4 is 0 Å². The smallest absolute Gasteiger partial charge is 0.285 e. The summed E-state index contributed by atoms with van der Waals surface area (Å²) in [6, 6.07) is 10.1. The fraction of sp³-hybridized carbons (Fsp3) is 0.562. The van der Waals surface area contributed by atoms with E-state index in [1.165, 1.54) is 12.1 Å². The van der Waals surface area contributed by atoms with Crippen LogP contribution in [0.1, 0.15) is 18.9 Å². The van der Waals surface area contributed by atoms with Crippen molar-refractivity contribution in [2.75, 3.05) is 32.7 Å². The van der Waals surface area contributed by atoms with E-state index in [1.807, 2.05) is 6.92 Å². The Kier molecular flexibility index (Phi) is 5.27. The van der Waals surface area contributed by atoms with Crippen molar-refractivity contribution in [1.82, 2.24) is 9.80 Å². The van der Waals surface area contributed by atoms with Crippen molar-refractivity contribution < 1.29 is 8.78 Å². The maximum absolute atomic E-state index is 14.2. The van der Waals surface area contributed by atoms with Gasteiger partial charge in [0.15, 0.2) is 0 Å². The first-order valence-electron chi connectivity index (χ1n) is 7.36. The molecule has 0 spiro atoms. The lowest BCUT2D eigenvalue weighted by atomic mass is 10.1. The van der Waals surface area contributed by atoms with Gasteiger partial charge < -0.3 is 0 Å². The minimum Gasteiger partial charge on any atom is -0.295 e. The quantitative estimate of drug-likeness (QED) is 0.836. The minimum absolute atomic E-state index is 0.0656. The summed E-state index contributed by atoms with van der Waals surface area (Å²) in [4.78, 5) is 3.87. The molecule has 1 aromatic rings. The van der Waals surface area contributed by atoms with Gasteiger partial charge in [-0.05, 0) is 6.42 Å². The average Bonchev–Trinajstić information content (AvgIpc) is 2.51. The molecule has 1 atom stereocenters. The number of benzene rings is 1. The summed E-state index contributed by atoms with van der Waals surface area (Å²) in [6.07, 6.45) is 0.774. The molecule has 0 aliphatic carbocycles. The predicted octanol–water partition coefficient (Wildman–Crippen LogP) is 2.70. The first-order valence-corrected chi connectivity index (χ1v) is 7.36. The van der Waals surface area contributed by atoms with Crippen LogP contribution in [-0.2, 0) is 5.92 Å². The lowest BCUT2D eigenvalue weighted by molar-refractivity contribution is -0.0486. The van der Waals surface area contributed by atoms with E-state index in [0.29, 0.717) is 26.2 Å². The zero-order valence-corrected chi connectivity index (χ0v) is 12.3. The van der Waals surface area contributed by atoms with Gasteiger partial charge in [0.25, 0.3) is 5.92 Å². The molecule has 3 nitrogen and oxygen atoms in total. The van der Waals surface area contributed by atoms with Crippen LogP contribution in [0, 0.1) is 11.3 Å². The van der Waals surface area contributed by atoms with E-state index in [2.05, 4.69) is 11.0 Å². The predicted molar refractivity (Wildman–Crippen MR) is 78.0 cm³/mol. The molecule has 0 amide bonds. The Hall–Kier alpha value is -1.51. The summed E-state index contributed by atoms with van der Waals surface area (Å²) in [5.41, 5.74) is 0.0656. The molecule has 1 saturated heterocycles. The molecule has 1 aliphatic heterocycles. The number of halogens is 2. The molecule has 0 radical (unpaired) electrons. The summed E-state index contributed by atoms with van der Waals surface area (Å²) in [5.74, 6) is -2.83. The number of nitrogens with zero attached hydrogens (tertiary/aromatic N) is 3. The number of nitriles is 1. The first kappa shape index (κ1) is 15.9. The molecule has 114 valence electrons. The van der Waals surface area contributed by atoms with Crippen molar-refractivity contribution in [3.8, 4) is 6.07 Å². The summed E-state index contributed by atoms with van der Waals surface area (Å²) in [5, 5.41) is 9.05. The van der Waals surface area contributed by atoms with Crippen molar-refractivity contribution in [3.63, 3.8) is 0 Å². The third-order valence-corrected chi connectivity index (χ3v) is 4.00. The van der Waals surface area contributed by atoms with Crippen molar-refractivity contribution in [2.24, 2.45) is 0 Å². The van der Waals surface area contributed by atoms with Gasteiger partial charge in [0, 0.05) is 31.7 Å². The van der Waals surface area contributed by atoms with Crippen molar-refractivity contribution in [3.05, 3.63) is 35.9 Å². The van der Waals surface area contributed by atoms with Crippen LogP contribution in [0.4, 0.5) is 8.78 Å². The molecule has 21 heavy (non-hydrogen) atoms. The van der Waals surface area contributed by atoms with E-state index in [9.17, 15) is 8.78 Å². The fourth-order valence-electron chi connectivity index (χ4n) is 2.72. The van der Waals surface area contributed by atoms with Crippen LogP contribution >= 0.6 is 0 Å². The van der Waals surface area contributed by atoms with Gasteiger partial charge >= 0.3 is 0 Å². The van der Waals surface area contributed by atoms with Crippen LogP contribution in [0.15, 0.2) is 30.3 Å². The molecule has 0 N–H and O–H groups in total. The molecule has 1 fully saturated rings. The molecular weight excluding hydrogens is 272 g/mol. The highest BCUT2D eigenvalue weighted by atomic mass is 19.3. The van der Waals surface area contributed by atoms with E-state index in [1.54, 1.807) is 23.1 Å². The molecule has 1 heterocycles. The van der Waals surface area contributed by atoms with E-state index in [-0.39, 0.29) is 18.2 Å². The summed E-state index contributed by atoms with van der Waals surface area (Å²) >= 11 is 0. The second-order valence-corrected chi connectivity index (χ2v) is 5.44. The third kappa shape index (κ3) is 3.99. The molecule has 0 aromatic heterocycles. The van der Waals surface area contributed by atoms with Crippen LogP contribution in [0.2, 0.25) is 0 Å². The molecule has 0 bridgehead atoms. The zero-order chi connectivity index (χ0) is 15.3. The Bertz CT molecular complexity index is 476. The van der Waals surface area contributed by atoms with E-state index in [4.69, 9.17) is 5.26 Å². The maximum Gasteiger partial charge on any atom is 0.285 e. The van der Waals surface area contributed by atoms with Crippen LogP contribution in [0.3, 0.4) is 0 Å². The van der Waals surface area contributed by atoms with Gasteiger partial charge in [-0.1, -0.05) is 37.3 Å². The lowest BCUT2D eigenvalue weighted by Crippen LogP contribution is -2.51. The number of piperazine rings is 1. The zero-order valence-electron chi connectivity index (χ0n) is 12.3. The van der Waals surface area contributed by atoms with Crippen LogP contribution < -0.4 is 0 Å². The van der Waals surface area contributed by atoms with E-state index < -0.39 is 5.92 Å². The number of alkyl halides is 2. The average molecular weight is 293 g/mol. The first-order chi connectivity index (χ1) is 10.1. The van der Waals surface area contributed by atoms with Crippen LogP contribution in [-0.4, -0.2) is 48.6 Å². The third-order valence-electron chi connectivity index (χ3n) is 4.00. The van der Waals surface area contributed by atoms with Crippen LogP contribution in [0.5, 0.6) is 0 Å². The SMILES string of the molecule is CCC(C#N)N1CCN(CC(F)(F)c2ccccc2)CC1. The van der Waals surface area contributed by atoms with Gasteiger partial charge in [0.05, 0.1) is 18.7 Å². The monoisotopic (exact) mass is 293 g/mol. The molecule has 1 aromatic carbocycles. The Balaban J connectivity index is 1.90. The topological polar surface area (TPSA) is 30.3 Å². The van der Waals surface area contributed by atoms with Crippen LogP contribution in [0.25, 0.3) is 0 Å². The summed E-state index contributed by atoms with van der Waals surface area (Å²) in [6.45, 7) is 4.24. The Morgan fingerprint density at radius 1 is 1.19 bits per heavy atom. The number of rotatable bonds is 5. The van der Waals surface area contributed by atoms with Crippen molar-refractivity contribution in [1.29, 1.82) is 5.26 Å². The van der Waals surface area contributed by atoms with Gasteiger partial charge in [0.1, 0.15) is 0 Å². The van der Waals surface area contributed by atoms with Crippen molar-refractivity contribution in [2.45, 2.75) is 25.3 Å². The molecule has 1 aliphatic rings. The molecule has 5 heteroatoms. The Morgan fingerprint density at radius 2 is 1.81 bits per heavy atom.